The third kappa shape index (κ3) is 6.23. The first-order valence-electron chi connectivity index (χ1n) is 3.66. The van der Waals surface area contributed by atoms with Gasteiger partial charge in [0.2, 0.25) is 5.96 Å². The summed E-state index contributed by atoms with van der Waals surface area (Å²) < 4.78 is 3.86. The van der Waals surface area contributed by atoms with Crippen LogP contribution in [0, 0.1) is 0 Å². The van der Waals surface area contributed by atoms with Crippen LogP contribution in [-0.4, -0.2) is 47.8 Å². The topological polar surface area (TPSA) is 105 Å². The zero-order valence-electron chi connectivity index (χ0n) is 7.43. The first-order chi connectivity index (χ1) is 6.07. The van der Waals surface area contributed by atoms with E-state index in [-0.39, 0.29) is 12.5 Å². The van der Waals surface area contributed by atoms with Crippen LogP contribution >= 0.6 is 11.9 Å². The molecule has 0 spiro atoms. The van der Waals surface area contributed by atoms with Crippen molar-refractivity contribution in [2.75, 3.05) is 25.9 Å². The molecule has 76 valence electrons. The number of guanidine groups is 1. The van der Waals surface area contributed by atoms with Crippen molar-refractivity contribution in [3.8, 4) is 0 Å². The smallest absolute Gasteiger partial charge is 0.323 e. The molecule has 7 heteroatoms. The van der Waals surface area contributed by atoms with Crippen molar-refractivity contribution in [2.45, 2.75) is 0 Å². The van der Waals surface area contributed by atoms with Gasteiger partial charge in [-0.3, -0.25) is 4.79 Å². The molecule has 0 aliphatic carbocycles. The number of carbonyl (C=O) groups is 1. The van der Waals surface area contributed by atoms with E-state index in [1.165, 1.54) is 16.8 Å². The maximum absolute atomic E-state index is 10.3. The van der Waals surface area contributed by atoms with E-state index in [9.17, 15) is 4.79 Å². The number of nitrogens with zero attached hydrogens (tertiary/aromatic N) is 2. The van der Waals surface area contributed by atoms with Gasteiger partial charge in [0.15, 0.2) is 0 Å². The standard InChI is InChI=1S/C6H14N4O2S/c1-10(4-5(11)12)6(8)9-13-3-2-7/h2-4,7H2,1H3,(H2,8,9)(H,11,12). The molecule has 0 fully saturated rings. The van der Waals surface area contributed by atoms with Crippen LogP contribution in [0.2, 0.25) is 0 Å². The van der Waals surface area contributed by atoms with Gasteiger partial charge in [-0.1, -0.05) is 0 Å². The minimum Gasteiger partial charge on any atom is -0.480 e. The van der Waals surface area contributed by atoms with Crippen molar-refractivity contribution in [1.29, 1.82) is 0 Å². The van der Waals surface area contributed by atoms with Crippen molar-refractivity contribution < 1.29 is 9.90 Å². The van der Waals surface area contributed by atoms with Crippen LogP contribution in [-0.2, 0) is 4.79 Å². The van der Waals surface area contributed by atoms with Crippen molar-refractivity contribution in [3.63, 3.8) is 0 Å². The summed E-state index contributed by atoms with van der Waals surface area (Å²) in [7, 11) is 1.57. The summed E-state index contributed by atoms with van der Waals surface area (Å²) in [4.78, 5) is 11.6. The maximum atomic E-state index is 10.3. The second-order valence-electron chi connectivity index (χ2n) is 2.32. The monoisotopic (exact) mass is 206 g/mol. The van der Waals surface area contributed by atoms with E-state index in [0.717, 1.165) is 0 Å². The van der Waals surface area contributed by atoms with Crippen molar-refractivity contribution in [2.24, 2.45) is 15.9 Å². The Hall–Kier alpha value is -0.950. The molecule has 0 bridgehead atoms. The molecule has 0 radical (unpaired) electrons. The summed E-state index contributed by atoms with van der Waals surface area (Å²) in [6.45, 7) is 0.364. The maximum Gasteiger partial charge on any atom is 0.323 e. The molecule has 0 aliphatic heterocycles. The van der Waals surface area contributed by atoms with Gasteiger partial charge in [0.05, 0.1) is 0 Å². The number of carboxylic acid groups (broad SMARTS) is 1. The van der Waals surface area contributed by atoms with E-state index in [1.54, 1.807) is 7.05 Å². The quantitative estimate of drug-likeness (QED) is 0.229. The van der Waals surface area contributed by atoms with E-state index in [1.807, 2.05) is 0 Å². The first kappa shape index (κ1) is 12.0. The summed E-state index contributed by atoms with van der Waals surface area (Å²) in [6, 6.07) is 0. The second-order valence-corrected chi connectivity index (χ2v) is 3.17. The van der Waals surface area contributed by atoms with Crippen molar-refractivity contribution >= 4 is 23.9 Å². The zero-order chi connectivity index (χ0) is 10.3. The van der Waals surface area contributed by atoms with Crippen LogP contribution in [0.1, 0.15) is 0 Å². The fourth-order valence-corrected chi connectivity index (χ4v) is 0.986. The number of likely N-dealkylation sites (N-methyl/N-ethyl adjacent to an activating group) is 1. The molecule has 0 saturated carbocycles. The number of nitrogens with two attached hydrogens (primary N) is 2. The summed E-state index contributed by atoms with van der Waals surface area (Å²) in [5.74, 6) is -0.0768. The van der Waals surface area contributed by atoms with Gasteiger partial charge in [0.1, 0.15) is 6.54 Å². The van der Waals surface area contributed by atoms with Gasteiger partial charge < -0.3 is 21.5 Å². The van der Waals surface area contributed by atoms with E-state index >= 15 is 0 Å². The van der Waals surface area contributed by atoms with Crippen LogP contribution in [0.5, 0.6) is 0 Å². The predicted octanol–water partition coefficient (Wildman–Crippen LogP) is -1.08. The van der Waals surface area contributed by atoms with Crippen LogP contribution in [0.15, 0.2) is 4.40 Å². The van der Waals surface area contributed by atoms with Crippen molar-refractivity contribution in [1.82, 2.24) is 4.90 Å². The fourth-order valence-electron chi connectivity index (χ4n) is 0.518. The minimum atomic E-state index is -0.940. The van der Waals surface area contributed by atoms with Gasteiger partial charge >= 0.3 is 5.97 Å². The molecule has 0 heterocycles. The van der Waals surface area contributed by atoms with Crippen LogP contribution < -0.4 is 11.5 Å². The Balaban J connectivity index is 3.85. The Bertz CT molecular complexity index is 197. The molecule has 0 atom stereocenters. The number of carboxylic acids is 1. The van der Waals surface area contributed by atoms with Gasteiger partial charge in [-0.05, 0) is 11.9 Å². The van der Waals surface area contributed by atoms with Crippen LogP contribution in [0.25, 0.3) is 0 Å². The van der Waals surface area contributed by atoms with Gasteiger partial charge in [-0.25, -0.2) is 0 Å². The van der Waals surface area contributed by atoms with Crippen molar-refractivity contribution in [3.05, 3.63) is 0 Å². The fraction of sp³-hybridized carbons (Fsp3) is 0.667. The lowest BCUT2D eigenvalue weighted by molar-refractivity contribution is -0.137. The molecule has 13 heavy (non-hydrogen) atoms. The average Bonchev–Trinajstić information content (AvgIpc) is 2.03. The molecule has 0 saturated heterocycles. The van der Waals surface area contributed by atoms with Gasteiger partial charge in [-0.15, -0.1) is 0 Å². The summed E-state index contributed by atoms with van der Waals surface area (Å²) in [6.07, 6.45) is 0. The van der Waals surface area contributed by atoms with E-state index in [0.29, 0.717) is 12.3 Å². The largest absolute Gasteiger partial charge is 0.480 e. The summed E-state index contributed by atoms with van der Waals surface area (Å²) in [5, 5.41) is 8.43. The highest BCUT2D eigenvalue weighted by molar-refractivity contribution is 7.98. The second kappa shape index (κ2) is 6.55. The molecule has 0 amide bonds. The lowest BCUT2D eigenvalue weighted by atomic mass is 10.6. The zero-order valence-corrected chi connectivity index (χ0v) is 8.25. The molecular weight excluding hydrogens is 192 g/mol. The third-order valence-electron chi connectivity index (χ3n) is 1.13. The number of hydrogen-bond donors (Lipinski definition) is 3. The molecule has 0 unspecified atom stereocenters. The Morgan fingerprint density at radius 3 is 2.77 bits per heavy atom. The lowest BCUT2D eigenvalue weighted by Crippen LogP contribution is -2.37. The third-order valence-corrected chi connectivity index (χ3v) is 1.87. The molecule has 0 aliphatic rings. The first-order valence-corrected chi connectivity index (χ1v) is 4.60. The highest BCUT2D eigenvalue weighted by Crippen LogP contribution is 1.99. The Morgan fingerprint density at radius 2 is 2.31 bits per heavy atom. The Labute approximate surface area is 81.1 Å². The van der Waals surface area contributed by atoms with E-state index in [2.05, 4.69) is 4.40 Å². The summed E-state index contributed by atoms with van der Waals surface area (Å²) >= 11 is 1.22. The Kier molecular flexibility index (Phi) is 6.07. The van der Waals surface area contributed by atoms with E-state index < -0.39 is 5.97 Å². The van der Waals surface area contributed by atoms with Crippen LogP contribution in [0.4, 0.5) is 0 Å². The number of rotatable bonds is 5. The summed E-state index contributed by atoms with van der Waals surface area (Å²) in [5.41, 5.74) is 10.7. The van der Waals surface area contributed by atoms with Gasteiger partial charge in [0.25, 0.3) is 0 Å². The molecule has 0 aromatic rings. The van der Waals surface area contributed by atoms with E-state index in [4.69, 9.17) is 16.6 Å². The molecule has 6 nitrogen and oxygen atoms in total. The minimum absolute atomic E-state index is 0.154. The number of aliphatic carboxylic acids is 1. The van der Waals surface area contributed by atoms with Gasteiger partial charge in [-0.2, -0.15) is 4.40 Å². The molecule has 0 aromatic heterocycles. The molecule has 0 rings (SSSR count). The normalized spacial score (nSPS) is 11.4. The van der Waals surface area contributed by atoms with Crippen LogP contribution in [0.3, 0.4) is 0 Å². The average molecular weight is 206 g/mol. The highest BCUT2D eigenvalue weighted by atomic mass is 32.2. The SMILES string of the molecule is CN(CC(=O)O)C(N)=NSCCN. The lowest BCUT2D eigenvalue weighted by Gasteiger charge is -2.14. The number of hydrogen-bond acceptors (Lipinski definition) is 4. The highest BCUT2D eigenvalue weighted by Gasteiger charge is 2.05. The Morgan fingerprint density at radius 1 is 1.69 bits per heavy atom. The molecule has 0 aromatic carbocycles. The molecule has 5 N–H and O–H groups in total. The predicted molar refractivity (Wildman–Crippen MR) is 53.4 cm³/mol. The molecular formula is C6H14N4O2S. The van der Waals surface area contributed by atoms with Gasteiger partial charge in [0, 0.05) is 19.3 Å².